The zero-order valence-corrected chi connectivity index (χ0v) is 10.2. The number of nitrogen functional groups attached to an aromatic ring is 1. The van der Waals surface area contributed by atoms with E-state index in [1.54, 1.807) is 12.3 Å². The number of rotatable bonds is 1. The van der Waals surface area contributed by atoms with E-state index in [4.69, 9.17) is 15.0 Å². The first-order chi connectivity index (χ1) is 7.32. The van der Waals surface area contributed by atoms with Gasteiger partial charge in [0.05, 0.1) is 16.8 Å². The van der Waals surface area contributed by atoms with Gasteiger partial charge < -0.3 is 15.0 Å². The summed E-state index contributed by atoms with van der Waals surface area (Å²) in [7, 11) is -0.411. The molecule has 1 saturated heterocycles. The van der Waals surface area contributed by atoms with Crippen molar-refractivity contribution in [1.29, 1.82) is 0 Å². The van der Waals surface area contributed by atoms with Crippen LogP contribution in [0.3, 0.4) is 0 Å². The third-order valence-electron chi connectivity index (χ3n) is 3.30. The number of pyridine rings is 1. The lowest BCUT2D eigenvalue weighted by Crippen LogP contribution is -2.41. The predicted octanol–water partition coefficient (Wildman–Crippen LogP) is 0.963. The van der Waals surface area contributed by atoms with Crippen molar-refractivity contribution in [3.05, 3.63) is 18.3 Å². The maximum atomic E-state index is 5.86. The molecule has 1 aromatic rings. The van der Waals surface area contributed by atoms with Crippen LogP contribution in [0.15, 0.2) is 18.3 Å². The normalized spacial score (nSPS) is 22.4. The van der Waals surface area contributed by atoms with Crippen LogP contribution in [0, 0.1) is 0 Å². The topological polar surface area (TPSA) is 57.4 Å². The molecule has 0 amide bonds. The Kier molecular flexibility index (Phi) is 2.47. The molecule has 0 bridgehead atoms. The van der Waals surface area contributed by atoms with E-state index in [0.717, 1.165) is 5.59 Å². The molecule has 0 aliphatic carbocycles. The molecular weight excluding hydrogens is 203 g/mol. The van der Waals surface area contributed by atoms with Gasteiger partial charge in [-0.05, 0) is 39.8 Å². The monoisotopic (exact) mass is 220 g/mol. The van der Waals surface area contributed by atoms with Gasteiger partial charge in [0.2, 0.25) is 0 Å². The van der Waals surface area contributed by atoms with Gasteiger partial charge in [-0.2, -0.15) is 0 Å². The van der Waals surface area contributed by atoms with Crippen molar-refractivity contribution in [3.63, 3.8) is 0 Å². The molecule has 1 aromatic heterocycles. The van der Waals surface area contributed by atoms with Crippen molar-refractivity contribution in [2.24, 2.45) is 0 Å². The van der Waals surface area contributed by atoms with E-state index in [1.165, 1.54) is 0 Å². The second-order valence-electron chi connectivity index (χ2n) is 5.10. The Morgan fingerprint density at radius 3 is 2.12 bits per heavy atom. The highest BCUT2D eigenvalue weighted by atomic mass is 16.7. The number of nitrogens with zero attached hydrogens (tertiary/aromatic N) is 1. The minimum absolute atomic E-state index is 0.333. The van der Waals surface area contributed by atoms with Crippen molar-refractivity contribution < 1.29 is 9.31 Å². The van der Waals surface area contributed by atoms with E-state index in [1.807, 2.05) is 33.8 Å². The highest BCUT2D eigenvalue weighted by Crippen LogP contribution is 2.36. The summed E-state index contributed by atoms with van der Waals surface area (Å²) < 4.78 is 11.7. The summed E-state index contributed by atoms with van der Waals surface area (Å²) in [6.45, 7) is 8.07. The van der Waals surface area contributed by atoms with Gasteiger partial charge in [-0.1, -0.05) is 0 Å². The maximum absolute atomic E-state index is 5.86. The van der Waals surface area contributed by atoms with Crippen molar-refractivity contribution in [2.45, 2.75) is 38.9 Å². The molecule has 86 valence electrons. The number of aromatic nitrogens is 1. The molecule has 1 aliphatic heterocycles. The minimum Gasteiger partial charge on any atom is -0.398 e. The van der Waals surface area contributed by atoms with Crippen LogP contribution in [0.5, 0.6) is 0 Å². The molecule has 1 aliphatic rings. The standard InChI is InChI=1S/C11H17BN2O2/c1-10(2)11(3,4)16-12(15-10)9-6-5-8(13)7-14-9/h5-7H,13H2,1-4H3. The van der Waals surface area contributed by atoms with E-state index in [-0.39, 0.29) is 11.2 Å². The van der Waals surface area contributed by atoms with Gasteiger partial charge in [0, 0.05) is 11.9 Å². The van der Waals surface area contributed by atoms with E-state index in [9.17, 15) is 0 Å². The third kappa shape index (κ3) is 1.81. The zero-order chi connectivity index (χ0) is 12.0. The summed E-state index contributed by atoms with van der Waals surface area (Å²) in [6.07, 6.45) is 1.61. The fourth-order valence-corrected chi connectivity index (χ4v) is 1.52. The summed E-state index contributed by atoms with van der Waals surface area (Å²) in [4.78, 5) is 4.22. The highest BCUT2D eigenvalue weighted by molar-refractivity contribution is 6.61. The molecule has 0 unspecified atom stereocenters. The molecular formula is C11H17BN2O2. The van der Waals surface area contributed by atoms with E-state index in [2.05, 4.69) is 4.98 Å². The van der Waals surface area contributed by atoms with Crippen LogP contribution >= 0.6 is 0 Å². The van der Waals surface area contributed by atoms with Gasteiger partial charge in [0.15, 0.2) is 0 Å². The largest absolute Gasteiger partial charge is 0.514 e. The van der Waals surface area contributed by atoms with Crippen LogP contribution in [0.25, 0.3) is 0 Å². The lowest BCUT2D eigenvalue weighted by Gasteiger charge is -2.32. The quantitative estimate of drug-likeness (QED) is 0.716. The lowest BCUT2D eigenvalue weighted by molar-refractivity contribution is 0.00578. The Morgan fingerprint density at radius 1 is 1.12 bits per heavy atom. The fraction of sp³-hybridized carbons (Fsp3) is 0.545. The van der Waals surface area contributed by atoms with Crippen molar-refractivity contribution >= 4 is 18.4 Å². The summed E-state index contributed by atoms with van der Waals surface area (Å²) in [5.41, 5.74) is 6.32. The van der Waals surface area contributed by atoms with Gasteiger partial charge in [-0.25, -0.2) is 0 Å². The summed E-state index contributed by atoms with van der Waals surface area (Å²) in [5, 5.41) is 0. The highest BCUT2D eigenvalue weighted by Gasteiger charge is 2.52. The van der Waals surface area contributed by atoms with Gasteiger partial charge in [0.25, 0.3) is 0 Å². The Bertz CT molecular complexity index is 373. The lowest BCUT2D eigenvalue weighted by atomic mass is 9.84. The first kappa shape index (κ1) is 11.4. The first-order valence-corrected chi connectivity index (χ1v) is 5.39. The third-order valence-corrected chi connectivity index (χ3v) is 3.30. The maximum Gasteiger partial charge on any atom is 0.514 e. The Hall–Kier alpha value is -1.07. The molecule has 2 rings (SSSR count). The number of hydrogen-bond acceptors (Lipinski definition) is 4. The second-order valence-corrected chi connectivity index (χ2v) is 5.10. The van der Waals surface area contributed by atoms with Gasteiger partial charge >= 0.3 is 7.12 Å². The molecule has 4 nitrogen and oxygen atoms in total. The smallest absolute Gasteiger partial charge is 0.398 e. The van der Waals surface area contributed by atoms with Gasteiger partial charge in [-0.3, -0.25) is 4.98 Å². The second kappa shape index (κ2) is 3.47. The van der Waals surface area contributed by atoms with E-state index in [0.29, 0.717) is 5.69 Å². The molecule has 2 N–H and O–H groups in total. The molecule has 16 heavy (non-hydrogen) atoms. The summed E-state index contributed by atoms with van der Waals surface area (Å²) in [5.74, 6) is 0. The Labute approximate surface area is 96.3 Å². The molecule has 0 aromatic carbocycles. The van der Waals surface area contributed by atoms with Gasteiger partial charge in [0.1, 0.15) is 0 Å². The SMILES string of the molecule is CC1(C)OB(c2ccc(N)cn2)OC1(C)C. The number of hydrogen-bond donors (Lipinski definition) is 1. The number of nitrogens with two attached hydrogens (primary N) is 1. The van der Waals surface area contributed by atoms with Crippen LogP contribution < -0.4 is 11.3 Å². The zero-order valence-electron chi connectivity index (χ0n) is 10.2. The van der Waals surface area contributed by atoms with Crippen LogP contribution in [0.4, 0.5) is 5.69 Å². The van der Waals surface area contributed by atoms with Crippen molar-refractivity contribution in [2.75, 3.05) is 5.73 Å². The Morgan fingerprint density at radius 2 is 1.69 bits per heavy atom. The van der Waals surface area contributed by atoms with Crippen LogP contribution in [0.2, 0.25) is 0 Å². The predicted molar refractivity (Wildman–Crippen MR) is 64.4 cm³/mol. The van der Waals surface area contributed by atoms with Crippen LogP contribution in [-0.2, 0) is 9.31 Å². The molecule has 0 radical (unpaired) electrons. The summed E-state index contributed by atoms with van der Waals surface area (Å²) >= 11 is 0. The van der Waals surface area contributed by atoms with Crippen LogP contribution in [-0.4, -0.2) is 23.3 Å². The average molecular weight is 220 g/mol. The van der Waals surface area contributed by atoms with Crippen molar-refractivity contribution in [3.8, 4) is 0 Å². The number of anilines is 1. The molecule has 5 heteroatoms. The van der Waals surface area contributed by atoms with Crippen molar-refractivity contribution in [1.82, 2.24) is 4.98 Å². The van der Waals surface area contributed by atoms with E-state index >= 15 is 0 Å². The molecule has 1 fully saturated rings. The molecule has 0 saturated carbocycles. The average Bonchev–Trinajstić information content (AvgIpc) is 2.37. The molecule has 0 spiro atoms. The fourth-order valence-electron chi connectivity index (χ4n) is 1.52. The first-order valence-electron chi connectivity index (χ1n) is 5.39. The van der Waals surface area contributed by atoms with Gasteiger partial charge in [-0.15, -0.1) is 0 Å². The molecule has 2 heterocycles. The molecule has 0 atom stereocenters. The Balaban J connectivity index is 2.23. The minimum atomic E-state index is -0.411. The summed E-state index contributed by atoms with van der Waals surface area (Å²) in [6, 6.07) is 3.63. The van der Waals surface area contributed by atoms with E-state index < -0.39 is 7.12 Å². The van der Waals surface area contributed by atoms with Crippen LogP contribution in [0.1, 0.15) is 27.7 Å².